The molecular formula is C12H16N6O2. The van der Waals surface area contributed by atoms with Gasteiger partial charge in [0.2, 0.25) is 0 Å². The van der Waals surface area contributed by atoms with E-state index < -0.39 is 0 Å². The van der Waals surface area contributed by atoms with Crippen LogP contribution in [0, 0.1) is 0 Å². The molecule has 1 unspecified atom stereocenters. The fourth-order valence-electron chi connectivity index (χ4n) is 2.17. The molecule has 1 aromatic carbocycles. The molecule has 1 saturated heterocycles. The van der Waals surface area contributed by atoms with E-state index in [1.165, 1.54) is 0 Å². The molecule has 0 aliphatic carbocycles. The van der Waals surface area contributed by atoms with Crippen LogP contribution >= 0.6 is 0 Å². The SMILES string of the molecule is Nc1cc(N)cc(-c2nnnn2CC2COCCO2)c1. The number of tetrazole rings is 1. The van der Waals surface area contributed by atoms with Crippen LogP contribution in [0.25, 0.3) is 11.4 Å². The van der Waals surface area contributed by atoms with Crippen molar-refractivity contribution in [2.45, 2.75) is 12.6 Å². The Morgan fingerprint density at radius 3 is 2.70 bits per heavy atom. The van der Waals surface area contributed by atoms with E-state index in [4.69, 9.17) is 20.9 Å². The third kappa shape index (κ3) is 2.70. The molecule has 0 amide bonds. The Bertz CT molecular complexity index is 573. The molecule has 1 aliphatic heterocycles. The number of nitrogen functional groups attached to an aromatic ring is 2. The lowest BCUT2D eigenvalue weighted by Crippen LogP contribution is -2.32. The van der Waals surface area contributed by atoms with Crippen LogP contribution in [0.4, 0.5) is 11.4 Å². The van der Waals surface area contributed by atoms with Crippen molar-refractivity contribution < 1.29 is 9.47 Å². The van der Waals surface area contributed by atoms with Crippen molar-refractivity contribution >= 4 is 11.4 Å². The molecule has 4 N–H and O–H groups in total. The van der Waals surface area contributed by atoms with Crippen LogP contribution in [-0.2, 0) is 16.0 Å². The number of nitrogens with two attached hydrogens (primary N) is 2. The topological polar surface area (TPSA) is 114 Å². The Balaban J connectivity index is 1.85. The maximum absolute atomic E-state index is 5.80. The largest absolute Gasteiger partial charge is 0.399 e. The average molecular weight is 276 g/mol. The molecule has 0 radical (unpaired) electrons. The molecule has 2 heterocycles. The summed E-state index contributed by atoms with van der Waals surface area (Å²) in [6.07, 6.45) is -0.0515. The van der Waals surface area contributed by atoms with Crippen molar-refractivity contribution in [3.63, 3.8) is 0 Å². The minimum atomic E-state index is -0.0515. The fourth-order valence-corrected chi connectivity index (χ4v) is 2.17. The number of anilines is 2. The second-order valence-electron chi connectivity index (χ2n) is 4.64. The van der Waals surface area contributed by atoms with Crippen molar-refractivity contribution in [3.8, 4) is 11.4 Å². The summed E-state index contributed by atoms with van der Waals surface area (Å²) in [6, 6.07) is 5.27. The van der Waals surface area contributed by atoms with E-state index in [9.17, 15) is 0 Å². The first-order valence-corrected chi connectivity index (χ1v) is 6.34. The van der Waals surface area contributed by atoms with Gasteiger partial charge < -0.3 is 20.9 Å². The number of nitrogens with zero attached hydrogens (tertiary/aromatic N) is 4. The summed E-state index contributed by atoms with van der Waals surface area (Å²) in [5.41, 5.74) is 13.5. The van der Waals surface area contributed by atoms with Gasteiger partial charge in [-0.25, -0.2) is 4.68 Å². The van der Waals surface area contributed by atoms with Crippen molar-refractivity contribution in [2.75, 3.05) is 31.3 Å². The first-order chi connectivity index (χ1) is 9.72. The van der Waals surface area contributed by atoms with Gasteiger partial charge in [0.15, 0.2) is 5.82 Å². The molecule has 106 valence electrons. The zero-order valence-corrected chi connectivity index (χ0v) is 10.9. The van der Waals surface area contributed by atoms with Crippen molar-refractivity contribution in [1.29, 1.82) is 0 Å². The van der Waals surface area contributed by atoms with E-state index in [-0.39, 0.29) is 6.10 Å². The zero-order valence-electron chi connectivity index (χ0n) is 10.9. The Kier molecular flexibility index (Phi) is 3.48. The monoisotopic (exact) mass is 276 g/mol. The Morgan fingerprint density at radius 2 is 2.00 bits per heavy atom. The summed E-state index contributed by atoms with van der Waals surface area (Å²) in [7, 11) is 0. The van der Waals surface area contributed by atoms with Gasteiger partial charge in [0.25, 0.3) is 0 Å². The van der Waals surface area contributed by atoms with Crippen LogP contribution in [0.5, 0.6) is 0 Å². The Labute approximate surface area is 115 Å². The number of rotatable bonds is 3. The lowest BCUT2D eigenvalue weighted by molar-refractivity contribution is -0.0946. The van der Waals surface area contributed by atoms with E-state index in [0.29, 0.717) is 43.6 Å². The molecule has 0 spiro atoms. The molecule has 1 fully saturated rings. The zero-order chi connectivity index (χ0) is 13.9. The average Bonchev–Trinajstić information content (AvgIpc) is 2.87. The number of hydrogen-bond acceptors (Lipinski definition) is 7. The highest BCUT2D eigenvalue weighted by Crippen LogP contribution is 2.22. The number of aromatic nitrogens is 4. The van der Waals surface area contributed by atoms with E-state index in [0.717, 1.165) is 5.56 Å². The minimum Gasteiger partial charge on any atom is -0.399 e. The van der Waals surface area contributed by atoms with Gasteiger partial charge >= 0.3 is 0 Å². The number of hydrogen-bond donors (Lipinski definition) is 2. The van der Waals surface area contributed by atoms with Crippen LogP contribution in [-0.4, -0.2) is 46.1 Å². The first-order valence-electron chi connectivity index (χ1n) is 6.34. The molecule has 1 atom stereocenters. The van der Waals surface area contributed by atoms with Crippen molar-refractivity contribution in [1.82, 2.24) is 20.2 Å². The molecule has 0 bridgehead atoms. The molecule has 0 saturated carbocycles. The maximum atomic E-state index is 5.80. The summed E-state index contributed by atoms with van der Waals surface area (Å²) in [6.45, 7) is 2.29. The lowest BCUT2D eigenvalue weighted by Gasteiger charge is -2.22. The summed E-state index contributed by atoms with van der Waals surface area (Å²) in [4.78, 5) is 0. The highest BCUT2D eigenvalue weighted by molar-refractivity contribution is 5.67. The lowest BCUT2D eigenvalue weighted by atomic mass is 10.1. The summed E-state index contributed by atoms with van der Waals surface area (Å²) in [5, 5.41) is 11.7. The highest BCUT2D eigenvalue weighted by Gasteiger charge is 2.18. The molecule has 2 aromatic rings. The minimum absolute atomic E-state index is 0.0515. The number of ether oxygens (including phenoxy) is 2. The third-order valence-electron chi connectivity index (χ3n) is 3.03. The smallest absolute Gasteiger partial charge is 0.182 e. The van der Waals surface area contributed by atoms with E-state index in [1.54, 1.807) is 22.9 Å². The summed E-state index contributed by atoms with van der Waals surface area (Å²) >= 11 is 0. The van der Waals surface area contributed by atoms with Gasteiger partial charge in [-0.1, -0.05) is 0 Å². The second-order valence-corrected chi connectivity index (χ2v) is 4.64. The van der Waals surface area contributed by atoms with Gasteiger partial charge in [0.1, 0.15) is 6.10 Å². The van der Waals surface area contributed by atoms with Crippen LogP contribution in [0.2, 0.25) is 0 Å². The molecule has 8 heteroatoms. The van der Waals surface area contributed by atoms with Crippen LogP contribution in [0.15, 0.2) is 18.2 Å². The molecule has 1 aliphatic rings. The molecule has 1 aromatic heterocycles. The second kappa shape index (κ2) is 5.43. The van der Waals surface area contributed by atoms with Gasteiger partial charge in [-0.05, 0) is 28.6 Å². The van der Waals surface area contributed by atoms with Gasteiger partial charge in [0.05, 0.1) is 26.4 Å². The standard InChI is InChI=1S/C12H16N6O2/c13-9-3-8(4-10(14)5-9)12-15-16-17-18(12)6-11-7-19-1-2-20-11/h3-5,11H,1-2,6-7,13-14H2. The van der Waals surface area contributed by atoms with Gasteiger partial charge in [0, 0.05) is 16.9 Å². The molecule has 20 heavy (non-hydrogen) atoms. The normalized spacial score (nSPS) is 19.1. The summed E-state index contributed by atoms with van der Waals surface area (Å²) in [5.74, 6) is 0.609. The number of benzene rings is 1. The Hall–Kier alpha value is -2.19. The first kappa shape index (κ1) is 12.8. The quantitative estimate of drug-likeness (QED) is 0.753. The third-order valence-corrected chi connectivity index (χ3v) is 3.03. The predicted octanol–water partition coefficient (Wildman–Crippen LogP) is -0.0801. The van der Waals surface area contributed by atoms with Crippen LogP contribution in [0.1, 0.15) is 0 Å². The van der Waals surface area contributed by atoms with Crippen molar-refractivity contribution in [2.24, 2.45) is 0 Å². The van der Waals surface area contributed by atoms with Gasteiger partial charge in [-0.15, -0.1) is 5.10 Å². The van der Waals surface area contributed by atoms with Gasteiger partial charge in [-0.3, -0.25) is 0 Å². The van der Waals surface area contributed by atoms with Crippen LogP contribution < -0.4 is 11.5 Å². The molecule has 8 nitrogen and oxygen atoms in total. The van der Waals surface area contributed by atoms with Gasteiger partial charge in [-0.2, -0.15) is 0 Å². The fraction of sp³-hybridized carbons (Fsp3) is 0.417. The molecule has 3 rings (SSSR count). The molecular weight excluding hydrogens is 260 g/mol. The van der Waals surface area contributed by atoms with E-state index in [1.807, 2.05) is 0 Å². The van der Waals surface area contributed by atoms with Crippen molar-refractivity contribution in [3.05, 3.63) is 18.2 Å². The van der Waals surface area contributed by atoms with Crippen LogP contribution in [0.3, 0.4) is 0 Å². The van der Waals surface area contributed by atoms with E-state index >= 15 is 0 Å². The maximum Gasteiger partial charge on any atom is 0.182 e. The highest BCUT2D eigenvalue weighted by atomic mass is 16.6. The Morgan fingerprint density at radius 1 is 1.20 bits per heavy atom. The van der Waals surface area contributed by atoms with E-state index in [2.05, 4.69) is 15.5 Å². The predicted molar refractivity (Wildman–Crippen MR) is 72.6 cm³/mol. The summed E-state index contributed by atoms with van der Waals surface area (Å²) < 4.78 is 12.6.